The average molecular weight is 295 g/mol. The number of nitrogens with one attached hydrogen (secondary N) is 1. The highest BCUT2D eigenvalue weighted by Gasteiger charge is 2.24. The number of hydrogen-bond acceptors (Lipinski definition) is 3. The van der Waals surface area contributed by atoms with Crippen LogP contribution in [0.5, 0.6) is 0 Å². The monoisotopic (exact) mass is 294 g/mol. The van der Waals surface area contributed by atoms with Crippen molar-refractivity contribution in [3.8, 4) is 0 Å². The molecule has 20 heavy (non-hydrogen) atoms. The molecule has 1 saturated carbocycles. The van der Waals surface area contributed by atoms with Crippen LogP contribution in [0.1, 0.15) is 80.8 Å². The normalized spacial score (nSPS) is 23.1. The third-order valence-corrected chi connectivity index (χ3v) is 5.85. The lowest BCUT2D eigenvalue weighted by Gasteiger charge is -2.26. The fourth-order valence-electron chi connectivity index (χ4n) is 3.20. The van der Waals surface area contributed by atoms with Crippen molar-refractivity contribution in [1.29, 1.82) is 0 Å². The topological polar surface area (TPSA) is 24.9 Å². The quantitative estimate of drug-likeness (QED) is 0.774. The molecule has 1 aromatic rings. The molecule has 0 radical (unpaired) electrons. The number of hydrogen-bond donors (Lipinski definition) is 1. The van der Waals surface area contributed by atoms with E-state index in [-0.39, 0.29) is 0 Å². The van der Waals surface area contributed by atoms with Gasteiger partial charge in [-0.25, -0.2) is 4.98 Å². The van der Waals surface area contributed by atoms with Crippen molar-refractivity contribution in [2.24, 2.45) is 5.92 Å². The van der Waals surface area contributed by atoms with Crippen LogP contribution in [0.25, 0.3) is 0 Å². The van der Waals surface area contributed by atoms with Crippen molar-refractivity contribution in [3.63, 3.8) is 0 Å². The van der Waals surface area contributed by atoms with Gasteiger partial charge in [0.05, 0.1) is 10.7 Å². The second-order valence-electron chi connectivity index (χ2n) is 6.08. The maximum absolute atomic E-state index is 5.01. The Morgan fingerprint density at radius 3 is 2.50 bits per heavy atom. The van der Waals surface area contributed by atoms with Gasteiger partial charge in [-0.1, -0.05) is 33.6 Å². The average Bonchev–Trinajstić information content (AvgIpc) is 2.89. The number of rotatable bonds is 7. The van der Waals surface area contributed by atoms with Crippen LogP contribution in [0.2, 0.25) is 0 Å². The van der Waals surface area contributed by atoms with E-state index >= 15 is 0 Å². The Morgan fingerprint density at radius 2 is 1.90 bits per heavy atom. The van der Waals surface area contributed by atoms with E-state index in [4.69, 9.17) is 4.98 Å². The molecule has 1 heterocycles. The molecule has 0 saturated heterocycles. The summed E-state index contributed by atoms with van der Waals surface area (Å²) in [5, 5.41) is 4.89. The summed E-state index contributed by atoms with van der Waals surface area (Å²) in [4.78, 5) is 6.49. The Hall–Kier alpha value is -0.410. The van der Waals surface area contributed by atoms with Gasteiger partial charge in [0.2, 0.25) is 0 Å². The smallest absolute Gasteiger partial charge is 0.0962 e. The second-order valence-corrected chi connectivity index (χ2v) is 7.19. The minimum Gasteiger partial charge on any atom is -0.312 e. The molecule has 0 bridgehead atoms. The summed E-state index contributed by atoms with van der Waals surface area (Å²) in [6.45, 7) is 8.81. The Morgan fingerprint density at radius 1 is 1.15 bits per heavy atom. The number of nitrogens with zero attached hydrogens (tertiary/aromatic N) is 1. The van der Waals surface area contributed by atoms with Crippen LogP contribution in [0.4, 0.5) is 0 Å². The first-order chi connectivity index (χ1) is 9.78. The zero-order chi connectivity index (χ0) is 14.4. The molecule has 0 aliphatic heterocycles. The maximum Gasteiger partial charge on any atom is 0.0962 e. The predicted molar refractivity (Wildman–Crippen MR) is 88.5 cm³/mol. The van der Waals surface area contributed by atoms with E-state index in [0.717, 1.165) is 31.3 Å². The third kappa shape index (κ3) is 4.05. The van der Waals surface area contributed by atoms with E-state index in [2.05, 4.69) is 26.1 Å². The first-order valence-corrected chi connectivity index (χ1v) is 9.29. The predicted octanol–water partition coefficient (Wildman–Crippen LogP) is 4.89. The minimum absolute atomic E-state index is 0.744. The van der Waals surface area contributed by atoms with E-state index in [1.54, 1.807) is 0 Å². The van der Waals surface area contributed by atoms with Crippen LogP contribution in [-0.2, 0) is 13.0 Å². The van der Waals surface area contributed by atoms with E-state index < -0.39 is 0 Å². The standard InChI is InChI=1S/C17H30N2S/c1-4-7-15-16(12-18-6-3)20-17(19-15)14-10-8-13(5-2)9-11-14/h13-14,18H,4-12H2,1-3H3. The Kier molecular flexibility index (Phi) is 6.50. The molecule has 1 fully saturated rings. The summed E-state index contributed by atoms with van der Waals surface area (Å²) < 4.78 is 0. The SMILES string of the molecule is CCCc1nc(C2CCC(CC)CC2)sc1CNCC. The van der Waals surface area contributed by atoms with Crippen LogP contribution < -0.4 is 5.32 Å². The lowest BCUT2D eigenvalue weighted by molar-refractivity contribution is 0.318. The highest BCUT2D eigenvalue weighted by atomic mass is 32.1. The van der Waals surface area contributed by atoms with Crippen molar-refractivity contribution in [2.45, 2.75) is 78.2 Å². The number of aryl methyl sites for hydroxylation is 1. The van der Waals surface area contributed by atoms with Gasteiger partial charge in [-0.3, -0.25) is 0 Å². The molecule has 1 aromatic heterocycles. The minimum atomic E-state index is 0.744. The van der Waals surface area contributed by atoms with Gasteiger partial charge in [0.1, 0.15) is 0 Å². The van der Waals surface area contributed by atoms with E-state index in [0.29, 0.717) is 0 Å². The molecule has 0 aromatic carbocycles. The summed E-state index contributed by atoms with van der Waals surface area (Å²) in [5.74, 6) is 1.72. The van der Waals surface area contributed by atoms with E-state index in [1.807, 2.05) is 11.3 Å². The molecule has 2 nitrogen and oxygen atoms in total. The Balaban J connectivity index is 2.04. The Labute approximate surface area is 128 Å². The largest absolute Gasteiger partial charge is 0.312 e. The highest BCUT2D eigenvalue weighted by Crippen LogP contribution is 2.39. The lowest BCUT2D eigenvalue weighted by atomic mass is 9.81. The molecule has 0 atom stereocenters. The van der Waals surface area contributed by atoms with Gasteiger partial charge in [0.15, 0.2) is 0 Å². The molecule has 114 valence electrons. The van der Waals surface area contributed by atoms with Gasteiger partial charge >= 0.3 is 0 Å². The van der Waals surface area contributed by atoms with Crippen LogP contribution in [-0.4, -0.2) is 11.5 Å². The molecule has 1 aliphatic carbocycles. The zero-order valence-corrected chi connectivity index (χ0v) is 14.2. The van der Waals surface area contributed by atoms with E-state index in [1.165, 1.54) is 54.1 Å². The van der Waals surface area contributed by atoms with Gasteiger partial charge in [-0.15, -0.1) is 11.3 Å². The van der Waals surface area contributed by atoms with E-state index in [9.17, 15) is 0 Å². The van der Waals surface area contributed by atoms with Gasteiger partial charge in [0, 0.05) is 17.3 Å². The van der Waals surface area contributed by atoms with Gasteiger partial charge < -0.3 is 5.32 Å². The molecule has 1 N–H and O–H groups in total. The molecule has 0 unspecified atom stereocenters. The van der Waals surface area contributed by atoms with Gasteiger partial charge in [-0.2, -0.15) is 0 Å². The summed E-state index contributed by atoms with van der Waals surface area (Å²) in [6, 6.07) is 0. The molecule has 0 spiro atoms. The maximum atomic E-state index is 5.01. The fraction of sp³-hybridized carbons (Fsp3) is 0.824. The van der Waals surface area contributed by atoms with Crippen LogP contribution in [0.15, 0.2) is 0 Å². The van der Waals surface area contributed by atoms with Crippen LogP contribution in [0, 0.1) is 5.92 Å². The van der Waals surface area contributed by atoms with Gasteiger partial charge in [-0.05, 0) is 44.6 Å². The number of thiazole rings is 1. The summed E-state index contributed by atoms with van der Waals surface area (Å²) in [6.07, 6.45) is 9.24. The molecule has 0 amide bonds. The zero-order valence-electron chi connectivity index (χ0n) is 13.4. The van der Waals surface area contributed by atoms with Gasteiger partial charge in [0.25, 0.3) is 0 Å². The number of aromatic nitrogens is 1. The molecule has 2 rings (SSSR count). The summed E-state index contributed by atoms with van der Waals surface area (Å²) in [5.41, 5.74) is 1.37. The van der Waals surface area contributed by atoms with Crippen molar-refractivity contribution >= 4 is 11.3 Å². The van der Waals surface area contributed by atoms with Crippen molar-refractivity contribution in [1.82, 2.24) is 10.3 Å². The first kappa shape index (κ1) is 16.0. The Bertz CT molecular complexity index is 392. The second kappa shape index (κ2) is 8.14. The van der Waals surface area contributed by atoms with Crippen molar-refractivity contribution < 1.29 is 0 Å². The third-order valence-electron chi connectivity index (χ3n) is 4.59. The van der Waals surface area contributed by atoms with Crippen LogP contribution >= 0.6 is 11.3 Å². The lowest BCUT2D eigenvalue weighted by Crippen LogP contribution is -2.12. The van der Waals surface area contributed by atoms with Crippen molar-refractivity contribution in [3.05, 3.63) is 15.6 Å². The highest BCUT2D eigenvalue weighted by molar-refractivity contribution is 7.11. The molecular formula is C17H30N2S. The molecular weight excluding hydrogens is 264 g/mol. The summed E-state index contributed by atoms with van der Waals surface area (Å²) >= 11 is 1.98. The first-order valence-electron chi connectivity index (χ1n) is 8.47. The summed E-state index contributed by atoms with van der Waals surface area (Å²) in [7, 11) is 0. The van der Waals surface area contributed by atoms with Crippen LogP contribution in [0.3, 0.4) is 0 Å². The molecule has 1 aliphatic rings. The molecule has 3 heteroatoms. The fourth-order valence-corrected chi connectivity index (χ4v) is 4.45. The van der Waals surface area contributed by atoms with Crippen molar-refractivity contribution in [2.75, 3.05) is 6.54 Å².